The maximum absolute atomic E-state index is 4.52. The fourth-order valence-corrected chi connectivity index (χ4v) is 2.79. The van der Waals surface area contributed by atoms with E-state index in [-0.39, 0.29) is 0 Å². The molecular formula is C14H13BrN2. The summed E-state index contributed by atoms with van der Waals surface area (Å²) in [6.45, 7) is 4.04. The van der Waals surface area contributed by atoms with E-state index in [4.69, 9.17) is 0 Å². The second-order valence-corrected chi connectivity index (χ2v) is 5.33. The van der Waals surface area contributed by atoms with Crippen molar-refractivity contribution in [2.75, 3.05) is 4.90 Å². The molecule has 17 heavy (non-hydrogen) atoms. The zero-order chi connectivity index (χ0) is 11.8. The highest BCUT2D eigenvalue weighted by Crippen LogP contribution is 2.29. The number of hydrogen-bond donors (Lipinski definition) is 0. The van der Waals surface area contributed by atoms with Crippen LogP contribution >= 0.6 is 15.9 Å². The van der Waals surface area contributed by atoms with Crippen molar-refractivity contribution in [2.24, 2.45) is 0 Å². The highest BCUT2D eigenvalue weighted by atomic mass is 79.9. The Bertz CT molecular complexity index is 541. The van der Waals surface area contributed by atoms with Gasteiger partial charge in [-0.05, 0) is 45.6 Å². The first-order chi connectivity index (χ1) is 8.24. The van der Waals surface area contributed by atoms with E-state index in [0.29, 0.717) is 0 Å². The van der Waals surface area contributed by atoms with E-state index in [9.17, 15) is 0 Å². The summed E-state index contributed by atoms with van der Waals surface area (Å²) in [6, 6.07) is 10.7. The Morgan fingerprint density at radius 3 is 2.41 bits per heavy atom. The lowest BCUT2D eigenvalue weighted by atomic mass is 10.1. The van der Waals surface area contributed by atoms with E-state index in [1.54, 1.807) is 0 Å². The fraction of sp³-hybridized carbons (Fsp3) is 0.214. The second-order valence-electron chi connectivity index (χ2n) is 4.42. The van der Waals surface area contributed by atoms with E-state index in [1.807, 2.05) is 6.20 Å². The number of anilines is 1. The number of fused-ring (bicyclic) bond motifs is 1. The van der Waals surface area contributed by atoms with Gasteiger partial charge in [-0.1, -0.05) is 24.3 Å². The largest absolute Gasteiger partial charge is 0.348 e. The van der Waals surface area contributed by atoms with Crippen molar-refractivity contribution in [1.82, 2.24) is 4.98 Å². The number of hydrogen-bond acceptors (Lipinski definition) is 2. The normalized spacial score (nSPS) is 13.9. The first-order valence-electron chi connectivity index (χ1n) is 5.68. The lowest BCUT2D eigenvalue weighted by molar-refractivity contribution is 0.849. The number of nitrogens with zero attached hydrogens (tertiary/aromatic N) is 2. The Balaban J connectivity index is 1.94. The van der Waals surface area contributed by atoms with Crippen LogP contribution in [-0.2, 0) is 13.1 Å². The Kier molecular flexibility index (Phi) is 2.63. The molecule has 1 aliphatic rings. The van der Waals surface area contributed by atoms with Gasteiger partial charge in [-0.15, -0.1) is 0 Å². The van der Waals surface area contributed by atoms with Gasteiger partial charge in [-0.2, -0.15) is 0 Å². The predicted molar refractivity (Wildman–Crippen MR) is 73.0 cm³/mol. The standard InChI is InChI=1S/C14H13BrN2/c1-10-6-13(15)7-16-14(10)17-8-11-4-2-3-5-12(11)9-17/h2-7H,8-9H2,1H3. The molecule has 1 aromatic carbocycles. The van der Waals surface area contributed by atoms with Crippen molar-refractivity contribution < 1.29 is 0 Å². The molecule has 3 heteroatoms. The van der Waals surface area contributed by atoms with E-state index < -0.39 is 0 Å². The smallest absolute Gasteiger partial charge is 0.132 e. The summed E-state index contributed by atoms with van der Waals surface area (Å²) in [7, 11) is 0. The van der Waals surface area contributed by atoms with Crippen LogP contribution in [0.15, 0.2) is 41.0 Å². The first kappa shape index (κ1) is 10.8. The van der Waals surface area contributed by atoms with Crippen LogP contribution in [0.1, 0.15) is 16.7 Å². The van der Waals surface area contributed by atoms with Gasteiger partial charge in [-0.25, -0.2) is 4.98 Å². The molecule has 0 radical (unpaired) electrons. The van der Waals surface area contributed by atoms with Crippen LogP contribution in [0.2, 0.25) is 0 Å². The molecule has 0 aliphatic carbocycles. The van der Waals surface area contributed by atoms with Crippen molar-refractivity contribution in [3.8, 4) is 0 Å². The minimum atomic E-state index is 0.964. The summed E-state index contributed by atoms with van der Waals surface area (Å²) >= 11 is 3.45. The molecule has 86 valence electrons. The molecule has 2 heterocycles. The molecule has 2 nitrogen and oxygen atoms in total. The summed E-state index contributed by atoms with van der Waals surface area (Å²) in [4.78, 5) is 6.85. The van der Waals surface area contributed by atoms with Crippen LogP contribution in [-0.4, -0.2) is 4.98 Å². The van der Waals surface area contributed by atoms with Crippen LogP contribution in [0.4, 0.5) is 5.82 Å². The molecule has 0 saturated carbocycles. The average Bonchev–Trinajstić information content (AvgIpc) is 2.72. The van der Waals surface area contributed by atoms with Crippen LogP contribution in [0.25, 0.3) is 0 Å². The third-order valence-electron chi connectivity index (χ3n) is 3.16. The van der Waals surface area contributed by atoms with Gasteiger partial charge in [0.1, 0.15) is 5.82 Å². The lowest BCUT2D eigenvalue weighted by Gasteiger charge is -2.18. The van der Waals surface area contributed by atoms with Crippen LogP contribution in [0, 0.1) is 6.92 Å². The maximum atomic E-state index is 4.52. The Morgan fingerprint density at radius 1 is 1.18 bits per heavy atom. The monoisotopic (exact) mass is 288 g/mol. The Labute approximate surface area is 109 Å². The Morgan fingerprint density at radius 2 is 1.82 bits per heavy atom. The minimum Gasteiger partial charge on any atom is -0.348 e. The molecule has 3 rings (SSSR count). The topological polar surface area (TPSA) is 16.1 Å². The molecule has 0 fully saturated rings. The van der Waals surface area contributed by atoms with Gasteiger partial charge >= 0.3 is 0 Å². The van der Waals surface area contributed by atoms with Gasteiger partial charge in [-0.3, -0.25) is 0 Å². The van der Waals surface area contributed by atoms with Crippen molar-refractivity contribution >= 4 is 21.7 Å². The minimum absolute atomic E-state index is 0.964. The van der Waals surface area contributed by atoms with Crippen molar-refractivity contribution in [1.29, 1.82) is 0 Å². The molecule has 1 aliphatic heterocycles. The van der Waals surface area contributed by atoms with E-state index in [1.165, 1.54) is 16.7 Å². The van der Waals surface area contributed by atoms with E-state index >= 15 is 0 Å². The molecule has 0 bridgehead atoms. The van der Waals surface area contributed by atoms with E-state index in [2.05, 4.69) is 63.1 Å². The number of rotatable bonds is 1. The number of aryl methyl sites for hydroxylation is 1. The lowest BCUT2D eigenvalue weighted by Crippen LogP contribution is -2.17. The summed E-state index contributed by atoms with van der Waals surface area (Å²) in [5.41, 5.74) is 4.04. The van der Waals surface area contributed by atoms with Gasteiger partial charge in [0.05, 0.1) is 0 Å². The molecule has 0 amide bonds. The van der Waals surface area contributed by atoms with Gasteiger partial charge in [0.25, 0.3) is 0 Å². The second kappa shape index (κ2) is 4.15. The van der Waals surface area contributed by atoms with E-state index in [0.717, 1.165) is 23.4 Å². The van der Waals surface area contributed by atoms with Crippen LogP contribution in [0.5, 0.6) is 0 Å². The van der Waals surface area contributed by atoms with Gasteiger partial charge in [0, 0.05) is 23.8 Å². The predicted octanol–water partition coefficient (Wildman–Crippen LogP) is 3.67. The Hall–Kier alpha value is -1.35. The molecule has 0 spiro atoms. The molecule has 0 N–H and O–H groups in total. The first-order valence-corrected chi connectivity index (χ1v) is 6.47. The quantitative estimate of drug-likeness (QED) is 0.796. The molecule has 0 saturated heterocycles. The summed E-state index contributed by atoms with van der Waals surface area (Å²) in [6.07, 6.45) is 1.87. The highest BCUT2D eigenvalue weighted by Gasteiger charge is 2.20. The molecule has 1 aromatic heterocycles. The fourth-order valence-electron chi connectivity index (χ4n) is 2.35. The zero-order valence-corrected chi connectivity index (χ0v) is 11.2. The SMILES string of the molecule is Cc1cc(Br)cnc1N1Cc2ccccc2C1. The van der Waals surface area contributed by atoms with Crippen LogP contribution in [0.3, 0.4) is 0 Å². The van der Waals surface area contributed by atoms with Gasteiger partial charge in [0.15, 0.2) is 0 Å². The summed E-state index contributed by atoms with van der Waals surface area (Å²) in [5, 5.41) is 0. The number of halogens is 1. The zero-order valence-electron chi connectivity index (χ0n) is 9.65. The van der Waals surface area contributed by atoms with Gasteiger partial charge < -0.3 is 4.90 Å². The third kappa shape index (κ3) is 1.95. The summed E-state index contributed by atoms with van der Waals surface area (Å²) < 4.78 is 1.04. The third-order valence-corrected chi connectivity index (χ3v) is 3.59. The number of aromatic nitrogens is 1. The molecule has 0 unspecified atom stereocenters. The number of pyridine rings is 1. The summed E-state index contributed by atoms with van der Waals surface area (Å²) in [5.74, 6) is 1.09. The number of benzene rings is 1. The van der Waals surface area contributed by atoms with Crippen molar-refractivity contribution in [3.63, 3.8) is 0 Å². The van der Waals surface area contributed by atoms with Gasteiger partial charge in [0.2, 0.25) is 0 Å². The van der Waals surface area contributed by atoms with Crippen molar-refractivity contribution in [3.05, 3.63) is 57.7 Å². The molecular weight excluding hydrogens is 276 g/mol. The van der Waals surface area contributed by atoms with Crippen LogP contribution < -0.4 is 4.90 Å². The highest BCUT2D eigenvalue weighted by molar-refractivity contribution is 9.10. The molecule has 0 atom stereocenters. The maximum Gasteiger partial charge on any atom is 0.132 e. The van der Waals surface area contributed by atoms with Crippen molar-refractivity contribution in [2.45, 2.75) is 20.0 Å². The molecule has 2 aromatic rings. The average molecular weight is 289 g/mol.